The summed E-state index contributed by atoms with van der Waals surface area (Å²) < 4.78 is 0. The quantitative estimate of drug-likeness (QED) is 0.875. The molecule has 20 heavy (non-hydrogen) atoms. The first-order valence-corrected chi connectivity index (χ1v) is 7.97. The highest BCUT2D eigenvalue weighted by atomic mass is 32.2. The molecule has 1 fully saturated rings. The first-order chi connectivity index (χ1) is 9.66. The Morgan fingerprint density at radius 1 is 1.25 bits per heavy atom. The number of carbonyl (C=O) groups excluding carboxylic acids is 1. The second kappa shape index (κ2) is 7.33. The summed E-state index contributed by atoms with van der Waals surface area (Å²) in [6.07, 6.45) is 2.51. The third-order valence-electron chi connectivity index (χ3n) is 3.50. The number of carboxylic acid groups (broad SMARTS) is 1. The van der Waals surface area contributed by atoms with Crippen LogP contribution in [-0.2, 0) is 9.59 Å². The van der Waals surface area contributed by atoms with E-state index in [4.69, 9.17) is 0 Å². The highest BCUT2D eigenvalue weighted by Crippen LogP contribution is 2.25. The molecule has 0 spiro atoms. The van der Waals surface area contributed by atoms with Crippen LogP contribution in [0.2, 0.25) is 0 Å². The molecular formula is C15H19NO3S. The van der Waals surface area contributed by atoms with Crippen LogP contribution in [0.5, 0.6) is 0 Å². The highest BCUT2D eigenvalue weighted by Gasteiger charge is 2.24. The average Bonchev–Trinajstić information content (AvgIpc) is 2.46. The second-order valence-electron chi connectivity index (χ2n) is 5.01. The van der Waals surface area contributed by atoms with Crippen LogP contribution < -0.4 is 5.32 Å². The van der Waals surface area contributed by atoms with E-state index in [-0.39, 0.29) is 5.91 Å². The first kappa shape index (κ1) is 14.9. The zero-order valence-corrected chi connectivity index (χ0v) is 12.1. The Bertz CT molecular complexity index is 457. The van der Waals surface area contributed by atoms with Crippen molar-refractivity contribution in [2.45, 2.75) is 25.3 Å². The molecule has 5 heteroatoms. The van der Waals surface area contributed by atoms with Gasteiger partial charge < -0.3 is 10.4 Å². The van der Waals surface area contributed by atoms with Crippen molar-refractivity contribution in [2.24, 2.45) is 5.92 Å². The van der Waals surface area contributed by atoms with Crippen molar-refractivity contribution in [2.75, 3.05) is 11.5 Å². The fraction of sp³-hybridized carbons (Fsp3) is 0.467. The zero-order chi connectivity index (χ0) is 14.4. The number of aliphatic carboxylic acids is 1. The summed E-state index contributed by atoms with van der Waals surface area (Å²) in [7, 11) is 0. The molecule has 0 saturated carbocycles. The maximum absolute atomic E-state index is 12.0. The number of benzene rings is 1. The van der Waals surface area contributed by atoms with Crippen LogP contribution in [0.1, 0.15) is 30.9 Å². The van der Waals surface area contributed by atoms with Gasteiger partial charge in [-0.15, -0.1) is 0 Å². The number of nitrogens with one attached hydrogen (secondary N) is 1. The molecule has 0 aromatic heterocycles. The maximum atomic E-state index is 12.0. The van der Waals surface area contributed by atoms with E-state index < -0.39 is 12.0 Å². The molecule has 1 aliphatic rings. The average molecular weight is 293 g/mol. The summed E-state index contributed by atoms with van der Waals surface area (Å²) in [5.74, 6) is 1.39. The Morgan fingerprint density at radius 2 is 1.90 bits per heavy atom. The van der Waals surface area contributed by atoms with Gasteiger partial charge in [-0.25, -0.2) is 4.79 Å². The van der Waals surface area contributed by atoms with Crippen LogP contribution in [0.15, 0.2) is 30.3 Å². The molecular weight excluding hydrogens is 274 g/mol. The van der Waals surface area contributed by atoms with Gasteiger partial charge in [-0.3, -0.25) is 4.79 Å². The van der Waals surface area contributed by atoms with Crippen molar-refractivity contribution in [1.82, 2.24) is 5.32 Å². The standard InChI is InChI=1S/C15H19NO3S/c17-13(10-11-6-8-20-9-7-11)16-14(15(18)19)12-4-2-1-3-5-12/h1-5,11,14H,6-10H2,(H,16,17)(H,18,19). The molecule has 2 rings (SSSR count). The van der Waals surface area contributed by atoms with Crippen LogP contribution in [-0.4, -0.2) is 28.5 Å². The Balaban J connectivity index is 1.94. The van der Waals surface area contributed by atoms with E-state index in [1.807, 2.05) is 17.8 Å². The van der Waals surface area contributed by atoms with E-state index in [1.165, 1.54) is 0 Å². The van der Waals surface area contributed by atoms with E-state index in [9.17, 15) is 14.7 Å². The third kappa shape index (κ3) is 4.27. The van der Waals surface area contributed by atoms with Crippen molar-refractivity contribution >= 4 is 23.6 Å². The Morgan fingerprint density at radius 3 is 2.50 bits per heavy atom. The smallest absolute Gasteiger partial charge is 0.330 e. The molecule has 0 radical (unpaired) electrons. The van der Waals surface area contributed by atoms with E-state index in [1.54, 1.807) is 24.3 Å². The summed E-state index contributed by atoms with van der Waals surface area (Å²) in [6.45, 7) is 0. The lowest BCUT2D eigenvalue weighted by molar-refractivity contribution is -0.142. The number of rotatable bonds is 5. The summed E-state index contributed by atoms with van der Waals surface area (Å²) in [6, 6.07) is 7.85. The van der Waals surface area contributed by atoms with Gasteiger partial charge in [0, 0.05) is 6.42 Å². The lowest BCUT2D eigenvalue weighted by Crippen LogP contribution is -2.35. The lowest BCUT2D eigenvalue weighted by Gasteiger charge is -2.22. The van der Waals surface area contributed by atoms with Crippen LogP contribution >= 0.6 is 11.8 Å². The van der Waals surface area contributed by atoms with Crippen molar-refractivity contribution < 1.29 is 14.7 Å². The first-order valence-electron chi connectivity index (χ1n) is 6.81. The maximum Gasteiger partial charge on any atom is 0.330 e. The number of amides is 1. The van der Waals surface area contributed by atoms with Gasteiger partial charge in [-0.05, 0) is 35.8 Å². The second-order valence-corrected chi connectivity index (χ2v) is 6.23. The molecule has 1 aromatic rings. The van der Waals surface area contributed by atoms with Gasteiger partial charge in [0.25, 0.3) is 0 Å². The topological polar surface area (TPSA) is 66.4 Å². The van der Waals surface area contributed by atoms with Crippen LogP contribution in [0.25, 0.3) is 0 Å². The normalized spacial score (nSPS) is 17.4. The largest absolute Gasteiger partial charge is 0.479 e. The van der Waals surface area contributed by atoms with Gasteiger partial charge in [0.15, 0.2) is 6.04 Å². The lowest BCUT2D eigenvalue weighted by atomic mass is 9.98. The molecule has 2 N–H and O–H groups in total. The highest BCUT2D eigenvalue weighted by molar-refractivity contribution is 7.99. The molecule has 1 heterocycles. The molecule has 1 unspecified atom stereocenters. The van der Waals surface area contributed by atoms with Gasteiger partial charge in [0.1, 0.15) is 0 Å². The number of hydrogen-bond acceptors (Lipinski definition) is 3. The van der Waals surface area contributed by atoms with Crippen LogP contribution in [0.4, 0.5) is 0 Å². The van der Waals surface area contributed by atoms with Crippen LogP contribution in [0.3, 0.4) is 0 Å². The molecule has 1 amide bonds. The SMILES string of the molecule is O=C(CC1CCSCC1)NC(C(=O)O)c1ccccc1. The minimum atomic E-state index is -1.02. The van der Waals surface area contributed by atoms with Crippen molar-refractivity contribution in [3.63, 3.8) is 0 Å². The molecule has 108 valence electrons. The van der Waals surface area contributed by atoms with Crippen molar-refractivity contribution in [3.8, 4) is 0 Å². The summed E-state index contributed by atoms with van der Waals surface area (Å²) >= 11 is 1.92. The predicted octanol–water partition coefficient (Wildman–Crippen LogP) is 2.46. The molecule has 1 aliphatic heterocycles. The summed E-state index contributed by atoms with van der Waals surface area (Å²) in [5.41, 5.74) is 0.604. The molecule has 1 saturated heterocycles. The van der Waals surface area contributed by atoms with E-state index in [2.05, 4.69) is 5.32 Å². The zero-order valence-electron chi connectivity index (χ0n) is 11.2. The minimum absolute atomic E-state index is 0.168. The molecule has 1 aromatic carbocycles. The van der Waals surface area contributed by atoms with Gasteiger partial charge in [0.2, 0.25) is 5.91 Å². The Labute approximate surface area is 123 Å². The number of hydrogen-bond donors (Lipinski definition) is 2. The Kier molecular flexibility index (Phi) is 5.47. The third-order valence-corrected chi connectivity index (χ3v) is 4.55. The fourth-order valence-electron chi connectivity index (χ4n) is 2.37. The fourth-order valence-corrected chi connectivity index (χ4v) is 3.57. The number of thioether (sulfide) groups is 1. The van der Waals surface area contributed by atoms with Gasteiger partial charge in [-0.2, -0.15) is 11.8 Å². The number of carboxylic acids is 1. The Hall–Kier alpha value is -1.49. The number of carbonyl (C=O) groups is 2. The summed E-state index contributed by atoms with van der Waals surface area (Å²) in [5, 5.41) is 11.9. The van der Waals surface area contributed by atoms with E-state index >= 15 is 0 Å². The van der Waals surface area contributed by atoms with E-state index in [0.717, 1.165) is 24.3 Å². The van der Waals surface area contributed by atoms with Gasteiger partial charge >= 0.3 is 5.97 Å². The van der Waals surface area contributed by atoms with Gasteiger partial charge in [0.05, 0.1) is 0 Å². The molecule has 0 bridgehead atoms. The summed E-state index contributed by atoms with van der Waals surface area (Å²) in [4.78, 5) is 23.3. The minimum Gasteiger partial charge on any atom is -0.479 e. The molecule has 1 atom stereocenters. The predicted molar refractivity (Wildman–Crippen MR) is 79.6 cm³/mol. The van der Waals surface area contributed by atoms with E-state index in [0.29, 0.717) is 17.9 Å². The van der Waals surface area contributed by atoms with Crippen molar-refractivity contribution in [1.29, 1.82) is 0 Å². The molecule has 4 nitrogen and oxygen atoms in total. The molecule has 0 aliphatic carbocycles. The van der Waals surface area contributed by atoms with Crippen molar-refractivity contribution in [3.05, 3.63) is 35.9 Å². The van der Waals surface area contributed by atoms with Gasteiger partial charge in [-0.1, -0.05) is 30.3 Å². The monoisotopic (exact) mass is 293 g/mol. The van der Waals surface area contributed by atoms with Crippen LogP contribution in [0, 0.1) is 5.92 Å².